The van der Waals surface area contributed by atoms with E-state index in [1.165, 1.54) is 25.7 Å². The summed E-state index contributed by atoms with van der Waals surface area (Å²) in [7, 11) is 1.80. The summed E-state index contributed by atoms with van der Waals surface area (Å²) >= 11 is 0. The van der Waals surface area contributed by atoms with Crippen LogP contribution < -0.4 is 0 Å². The molecule has 2 unspecified atom stereocenters. The Labute approximate surface area is 63.8 Å². The fourth-order valence-corrected chi connectivity index (χ4v) is 1.95. The molecule has 1 rings (SSSR count). The summed E-state index contributed by atoms with van der Waals surface area (Å²) in [4.78, 5) is 0. The lowest BCUT2D eigenvalue weighted by atomic mass is 9.83. The second-order valence-electron chi connectivity index (χ2n) is 3.59. The molecular formula is C9H18O. The summed E-state index contributed by atoms with van der Waals surface area (Å²) in [6.45, 7) is 3.33. The van der Waals surface area contributed by atoms with Crippen LogP contribution >= 0.6 is 0 Å². The zero-order valence-electron chi connectivity index (χ0n) is 7.10. The minimum Gasteiger partial charge on any atom is -0.384 e. The molecule has 0 radical (unpaired) electrons. The van der Waals surface area contributed by atoms with Gasteiger partial charge in [0, 0.05) is 13.7 Å². The predicted molar refractivity (Wildman–Crippen MR) is 43.0 cm³/mol. The molecular weight excluding hydrogens is 124 g/mol. The van der Waals surface area contributed by atoms with Crippen LogP contribution in [-0.4, -0.2) is 13.7 Å². The fraction of sp³-hybridized carbons (Fsp3) is 1.00. The third-order valence-corrected chi connectivity index (χ3v) is 2.45. The van der Waals surface area contributed by atoms with Crippen molar-refractivity contribution in [3.63, 3.8) is 0 Å². The van der Waals surface area contributed by atoms with Crippen molar-refractivity contribution in [1.82, 2.24) is 0 Å². The molecule has 1 heteroatoms. The Bertz CT molecular complexity index is 88.7. The van der Waals surface area contributed by atoms with E-state index >= 15 is 0 Å². The Kier molecular flexibility index (Phi) is 3.20. The van der Waals surface area contributed by atoms with E-state index in [-0.39, 0.29) is 0 Å². The summed E-state index contributed by atoms with van der Waals surface area (Å²) in [5.41, 5.74) is 0. The molecule has 1 saturated carbocycles. The Morgan fingerprint density at radius 3 is 2.80 bits per heavy atom. The molecule has 0 heterocycles. The van der Waals surface area contributed by atoms with Crippen molar-refractivity contribution in [2.45, 2.75) is 32.6 Å². The third kappa shape index (κ3) is 2.30. The molecule has 1 fully saturated rings. The van der Waals surface area contributed by atoms with Gasteiger partial charge in [0.05, 0.1) is 0 Å². The molecule has 0 aromatic carbocycles. The molecule has 0 saturated heterocycles. The zero-order valence-corrected chi connectivity index (χ0v) is 7.10. The topological polar surface area (TPSA) is 9.23 Å². The van der Waals surface area contributed by atoms with Crippen molar-refractivity contribution < 1.29 is 4.74 Å². The maximum absolute atomic E-state index is 5.13. The Hall–Kier alpha value is -0.0400. The van der Waals surface area contributed by atoms with E-state index in [2.05, 4.69) is 6.92 Å². The highest BCUT2D eigenvalue weighted by molar-refractivity contribution is 4.69. The zero-order chi connectivity index (χ0) is 7.40. The van der Waals surface area contributed by atoms with Gasteiger partial charge in [-0.25, -0.2) is 0 Å². The Morgan fingerprint density at radius 2 is 2.20 bits per heavy atom. The van der Waals surface area contributed by atoms with Crippen molar-refractivity contribution in [3.05, 3.63) is 0 Å². The maximum Gasteiger partial charge on any atom is 0.0490 e. The second kappa shape index (κ2) is 3.97. The van der Waals surface area contributed by atoms with Crippen LogP contribution in [0, 0.1) is 11.8 Å². The van der Waals surface area contributed by atoms with E-state index in [1.807, 2.05) is 0 Å². The minimum absolute atomic E-state index is 0.855. The van der Waals surface area contributed by atoms with E-state index in [1.54, 1.807) is 7.11 Å². The molecule has 0 N–H and O–H groups in total. The average Bonchev–Trinajstić information content (AvgIpc) is 1.88. The number of ether oxygens (including phenoxy) is 1. The van der Waals surface area contributed by atoms with Gasteiger partial charge >= 0.3 is 0 Å². The van der Waals surface area contributed by atoms with Crippen LogP contribution in [0.2, 0.25) is 0 Å². The number of methoxy groups -OCH3 is 1. The average molecular weight is 142 g/mol. The van der Waals surface area contributed by atoms with Crippen LogP contribution in [0.5, 0.6) is 0 Å². The standard InChI is InChI=1S/C9H18O/c1-8-4-3-5-9(6-8)7-10-2/h8-9H,3-7H2,1-2H3. The molecule has 0 aliphatic heterocycles. The van der Waals surface area contributed by atoms with Gasteiger partial charge < -0.3 is 4.74 Å². The van der Waals surface area contributed by atoms with Gasteiger partial charge in [0.1, 0.15) is 0 Å². The van der Waals surface area contributed by atoms with Crippen LogP contribution in [0.4, 0.5) is 0 Å². The lowest BCUT2D eigenvalue weighted by Crippen LogP contribution is -2.17. The molecule has 1 aliphatic carbocycles. The maximum atomic E-state index is 5.13. The van der Waals surface area contributed by atoms with Gasteiger partial charge in [-0.05, 0) is 24.7 Å². The van der Waals surface area contributed by atoms with Crippen molar-refractivity contribution in [2.75, 3.05) is 13.7 Å². The molecule has 0 amide bonds. The summed E-state index contributed by atoms with van der Waals surface area (Å²) in [5.74, 6) is 1.79. The predicted octanol–water partition coefficient (Wildman–Crippen LogP) is 2.46. The van der Waals surface area contributed by atoms with Crippen molar-refractivity contribution in [2.24, 2.45) is 11.8 Å². The van der Waals surface area contributed by atoms with Crippen LogP contribution in [0.15, 0.2) is 0 Å². The second-order valence-corrected chi connectivity index (χ2v) is 3.59. The molecule has 0 aromatic rings. The smallest absolute Gasteiger partial charge is 0.0490 e. The first-order valence-corrected chi connectivity index (χ1v) is 4.32. The molecule has 0 aromatic heterocycles. The summed E-state index contributed by atoms with van der Waals surface area (Å²) in [5, 5.41) is 0. The van der Waals surface area contributed by atoms with E-state index in [9.17, 15) is 0 Å². The van der Waals surface area contributed by atoms with Gasteiger partial charge in [0.2, 0.25) is 0 Å². The number of rotatable bonds is 2. The number of hydrogen-bond donors (Lipinski definition) is 0. The van der Waals surface area contributed by atoms with Crippen LogP contribution in [0.1, 0.15) is 32.6 Å². The molecule has 0 spiro atoms. The summed E-state index contributed by atoms with van der Waals surface area (Å²) < 4.78 is 5.13. The van der Waals surface area contributed by atoms with Gasteiger partial charge in [-0.3, -0.25) is 0 Å². The highest BCUT2D eigenvalue weighted by Crippen LogP contribution is 2.28. The van der Waals surface area contributed by atoms with E-state index < -0.39 is 0 Å². The summed E-state index contributed by atoms with van der Waals surface area (Å²) in [6.07, 6.45) is 5.61. The molecule has 2 atom stereocenters. The lowest BCUT2D eigenvalue weighted by Gasteiger charge is -2.25. The Morgan fingerprint density at radius 1 is 1.40 bits per heavy atom. The largest absolute Gasteiger partial charge is 0.384 e. The molecule has 1 nitrogen and oxygen atoms in total. The quantitative estimate of drug-likeness (QED) is 0.575. The normalized spacial score (nSPS) is 34.2. The fourth-order valence-electron chi connectivity index (χ4n) is 1.95. The number of hydrogen-bond acceptors (Lipinski definition) is 1. The van der Waals surface area contributed by atoms with E-state index in [0.29, 0.717) is 0 Å². The van der Waals surface area contributed by atoms with Crippen LogP contribution in [0.25, 0.3) is 0 Å². The van der Waals surface area contributed by atoms with Crippen LogP contribution in [0.3, 0.4) is 0 Å². The molecule has 60 valence electrons. The first-order chi connectivity index (χ1) is 4.83. The molecule has 0 bridgehead atoms. The van der Waals surface area contributed by atoms with Gasteiger partial charge in [-0.15, -0.1) is 0 Å². The van der Waals surface area contributed by atoms with Crippen molar-refractivity contribution in [3.8, 4) is 0 Å². The van der Waals surface area contributed by atoms with Gasteiger partial charge in [0.25, 0.3) is 0 Å². The van der Waals surface area contributed by atoms with E-state index in [0.717, 1.165) is 18.4 Å². The molecule has 1 aliphatic rings. The highest BCUT2D eigenvalue weighted by Gasteiger charge is 2.17. The van der Waals surface area contributed by atoms with Crippen molar-refractivity contribution >= 4 is 0 Å². The van der Waals surface area contributed by atoms with Crippen LogP contribution in [-0.2, 0) is 4.74 Å². The minimum atomic E-state index is 0.855. The van der Waals surface area contributed by atoms with Gasteiger partial charge in [-0.1, -0.05) is 19.8 Å². The van der Waals surface area contributed by atoms with Gasteiger partial charge in [-0.2, -0.15) is 0 Å². The highest BCUT2D eigenvalue weighted by atomic mass is 16.5. The summed E-state index contributed by atoms with van der Waals surface area (Å²) in [6, 6.07) is 0. The van der Waals surface area contributed by atoms with E-state index in [4.69, 9.17) is 4.74 Å². The monoisotopic (exact) mass is 142 g/mol. The lowest BCUT2D eigenvalue weighted by molar-refractivity contribution is 0.117. The third-order valence-electron chi connectivity index (χ3n) is 2.45. The van der Waals surface area contributed by atoms with Gasteiger partial charge in [0.15, 0.2) is 0 Å². The van der Waals surface area contributed by atoms with Crippen molar-refractivity contribution in [1.29, 1.82) is 0 Å². The first-order valence-electron chi connectivity index (χ1n) is 4.32. The molecule has 10 heavy (non-hydrogen) atoms. The first kappa shape index (κ1) is 8.06. The Balaban J connectivity index is 2.18. The SMILES string of the molecule is COCC1CCCC(C)C1.